The van der Waals surface area contributed by atoms with Crippen LogP contribution < -0.4 is 0 Å². The summed E-state index contributed by atoms with van der Waals surface area (Å²) in [5.74, 6) is 1.58. The lowest BCUT2D eigenvalue weighted by Crippen LogP contribution is -2.28. The highest BCUT2D eigenvalue weighted by molar-refractivity contribution is 4.86. The van der Waals surface area contributed by atoms with E-state index in [1.54, 1.807) is 0 Å². The van der Waals surface area contributed by atoms with Crippen LogP contribution in [0, 0.1) is 11.8 Å². The molecule has 2 saturated carbocycles. The van der Waals surface area contributed by atoms with Crippen molar-refractivity contribution in [2.45, 2.75) is 44.6 Å². The molecule has 1 nitrogen and oxygen atoms in total. The summed E-state index contributed by atoms with van der Waals surface area (Å²) in [6.07, 6.45) is 7.84. The molecule has 0 aliphatic heterocycles. The molecule has 1 N–H and O–H groups in total. The van der Waals surface area contributed by atoms with Crippen molar-refractivity contribution >= 4 is 0 Å². The van der Waals surface area contributed by atoms with Crippen LogP contribution in [0.15, 0.2) is 0 Å². The molecule has 1 heteroatoms. The second-order valence-electron chi connectivity index (χ2n) is 3.85. The maximum atomic E-state index is 9.58. The SMILES string of the molecule is O[C@H]1CCC[C@H]2CCCC21. The first-order chi connectivity index (χ1) is 4.88. The summed E-state index contributed by atoms with van der Waals surface area (Å²) in [6.45, 7) is 0. The fourth-order valence-corrected chi connectivity index (χ4v) is 2.73. The first-order valence-corrected chi connectivity index (χ1v) is 4.56. The van der Waals surface area contributed by atoms with E-state index in [1.165, 1.54) is 32.1 Å². The molecule has 58 valence electrons. The number of rotatable bonds is 0. The highest BCUT2D eigenvalue weighted by atomic mass is 16.3. The third-order valence-electron chi connectivity index (χ3n) is 3.29. The molecule has 0 aromatic carbocycles. The zero-order chi connectivity index (χ0) is 6.97. The zero-order valence-electron chi connectivity index (χ0n) is 6.42. The highest BCUT2D eigenvalue weighted by Crippen LogP contribution is 2.41. The number of aliphatic hydroxyl groups is 1. The Morgan fingerprint density at radius 3 is 2.30 bits per heavy atom. The lowest BCUT2D eigenvalue weighted by molar-refractivity contribution is 0.0477. The predicted molar refractivity (Wildman–Crippen MR) is 40.7 cm³/mol. The van der Waals surface area contributed by atoms with Crippen molar-refractivity contribution in [1.29, 1.82) is 0 Å². The largest absolute Gasteiger partial charge is 0.393 e. The fourth-order valence-electron chi connectivity index (χ4n) is 2.73. The summed E-state index contributed by atoms with van der Waals surface area (Å²) < 4.78 is 0. The molecule has 0 saturated heterocycles. The Morgan fingerprint density at radius 1 is 0.900 bits per heavy atom. The number of hydrogen-bond donors (Lipinski definition) is 1. The van der Waals surface area contributed by atoms with Crippen LogP contribution in [-0.4, -0.2) is 11.2 Å². The van der Waals surface area contributed by atoms with Gasteiger partial charge in [-0.2, -0.15) is 0 Å². The van der Waals surface area contributed by atoms with Gasteiger partial charge in [0.05, 0.1) is 6.10 Å². The van der Waals surface area contributed by atoms with Gasteiger partial charge in [0.1, 0.15) is 0 Å². The maximum Gasteiger partial charge on any atom is 0.0571 e. The Labute approximate surface area is 62.4 Å². The Morgan fingerprint density at radius 2 is 1.60 bits per heavy atom. The van der Waals surface area contributed by atoms with Gasteiger partial charge in [-0.15, -0.1) is 0 Å². The van der Waals surface area contributed by atoms with Gasteiger partial charge in [0.15, 0.2) is 0 Å². The van der Waals surface area contributed by atoms with Gasteiger partial charge >= 0.3 is 0 Å². The molecule has 0 radical (unpaired) electrons. The van der Waals surface area contributed by atoms with Crippen LogP contribution in [0.25, 0.3) is 0 Å². The lowest BCUT2D eigenvalue weighted by atomic mass is 9.80. The molecule has 2 aliphatic carbocycles. The molecule has 0 bridgehead atoms. The molecule has 10 heavy (non-hydrogen) atoms. The average molecular weight is 140 g/mol. The summed E-state index contributed by atoms with van der Waals surface area (Å²) in [4.78, 5) is 0. The topological polar surface area (TPSA) is 20.2 Å². The van der Waals surface area contributed by atoms with Gasteiger partial charge in [-0.25, -0.2) is 0 Å². The quantitative estimate of drug-likeness (QED) is 0.545. The van der Waals surface area contributed by atoms with Gasteiger partial charge in [-0.3, -0.25) is 0 Å². The van der Waals surface area contributed by atoms with E-state index in [9.17, 15) is 5.11 Å². The first kappa shape index (κ1) is 6.66. The molecular weight excluding hydrogens is 124 g/mol. The van der Waals surface area contributed by atoms with Gasteiger partial charge in [0.2, 0.25) is 0 Å². The molecule has 2 aliphatic rings. The van der Waals surface area contributed by atoms with E-state index in [4.69, 9.17) is 0 Å². The van der Waals surface area contributed by atoms with Crippen LogP contribution >= 0.6 is 0 Å². The van der Waals surface area contributed by atoms with E-state index < -0.39 is 0 Å². The van der Waals surface area contributed by atoms with Crippen LogP contribution in [0.5, 0.6) is 0 Å². The Balaban J connectivity index is 2.03. The van der Waals surface area contributed by atoms with Gasteiger partial charge in [-0.05, 0) is 31.1 Å². The van der Waals surface area contributed by atoms with E-state index in [0.29, 0.717) is 5.92 Å². The minimum absolute atomic E-state index is 0.0567. The van der Waals surface area contributed by atoms with Gasteiger partial charge < -0.3 is 5.11 Å². The second-order valence-corrected chi connectivity index (χ2v) is 3.85. The molecule has 3 atom stereocenters. The van der Waals surface area contributed by atoms with E-state index in [1.807, 2.05) is 0 Å². The molecule has 2 rings (SSSR count). The van der Waals surface area contributed by atoms with Gasteiger partial charge in [-0.1, -0.05) is 19.3 Å². The highest BCUT2D eigenvalue weighted by Gasteiger charge is 2.35. The number of fused-ring (bicyclic) bond motifs is 1. The third kappa shape index (κ3) is 0.968. The summed E-state index contributed by atoms with van der Waals surface area (Å²) in [7, 11) is 0. The monoisotopic (exact) mass is 140 g/mol. The second kappa shape index (κ2) is 2.54. The average Bonchev–Trinajstić information content (AvgIpc) is 2.36. The van der Waals surface area contributed by atoms with Crippen molar-refractivity contribution < 1.29 is 5.11 Å². The van der Waals surface area contributed by atoms with Crippen molar-refractivity contribution in [3.63, 3.8) is 0 Å². The van der Waals surface area contributed by atoms with Crippen molar-refractivity contribution in [2.75, 3.05) is 0 Å². The third-order valence-corrected chi connectivity index (χ3v) is 3.29. The van der Waals surface area contributed by atoms with Crippen LogP contribution in [0.1, 0.15) is 38.5 Å². The molecule has 0 amide bonds. The number of hydrogen-bond acceptors (Lipinski definition) is 1. The van der Waals surface area contributed by atoms with E-state index >= 15 is 0 Å². The normalized spacial score (nSPS) is 47.1. The van der Waals surface area contributed by atoms with E-state index in [-0.39, 0.29) is 6.10 Å². The summed E-state index contributed by atoms with van der Waals surface area (Å²) in [6, 6.07) is 0. The predicted octanol–water partition coefficient (Wildman–Crippen LogP) is 1.95. The Kier molecular flexibility index (Phi) is 1.69. The molecule has 0 spiro atoms. The Bertz CT molecular complexity index is 122. The van der Waals surface area contributed by atoms with Gasteiger partial charge in [0, 0.05) is 0 Å². The molecule has 0 aromatic heterocycles. The van der Waals surface area contributed by atoms with E-state index in [2.05, 4.69) is 0 Å². The Hall–Kier alpha value is -0.0400. The minimum atomic E-state index is 0.0567. The van der Waals surface area contributed by atoms with Crippen molar-refractivity contribution in [3.8, 4) is 0 Å². The van der Waals surface area contributed by atoms with Crippen molar-refractivity contribution in [2.24, 2.45) is 11.8 Å². The van der Waals surface area contributed by atoms with Crippen molar-refractivity contribution in [3.05, 3.63) is 0 Å². The number of aliphatic hydroxyl groups excluding tert-OH is 1. The first-order valence-electron chi connectivity index (χ1n) is 4.56. The van der Waals surface area contributed by atoms with E-state index in [0.717, 1.165) is 12.3 Å². The van der Waals surface area contributed by atoms with Crippen LogP contribution in [0.4, 0.5) is 0 Å². The summed E-state index contributed by atoms with van der Waals surface area (Å²) >= 11 is 0. The molecular formula is C9H16O. The lowest BCUT2D eigenvalue weighted by Gasteiger charge is -2.29. The molecule has 0 heterocycles. The zero-order valence-corrected chi connectivity index (χ0v) is 6.42. The summed E-state index contributed by atoms with van der Waals surface area (Å²) in [5.41, 5.74) is 0. The van der Waals surface area contributed by atoms with Crippen LogP contribution in [0.3, 0.4) is 0 Å². The molecule has 1 unspecified atom stereocenters. The fraction of sp³-hybridized carbons (Fsp3) is 1.00. The van der Waals surface area contributed by atoms with Gasteiger partial charge in [0.25, 0.3) is 0 Å². The maximum absolute atomic E-state index is 9.58. The minimum Gasteiger partial charge on any atom is -0.393 e. The van der Waals surface area contributed by atoms with Crippen LogP contribution in [-0.2, 0) is 0 Å². The summed E-state index contributed by atoms with van der Waals surface area (Å²) in [5, 5.41) is 9.58. The standard InChI is InChI=1S/C9H16O/c10-9-6-2-4-7-3-1-5-8(7)9/h7-10H,1-6H2/t7-,8?,9+/m1/s1. The smallest absolute Gasteiger partial charge is 0.0571 e. The van der Waals surface area contributed by atoms with Crippen molar-refractivity contribution in [1.82, 2.24) is 0 Å². The van der Waals surface area contributed by atoms with Crippen LogP contribution in [0.2, 0.25) is 0 Å². The molecule has 2 fully saturated rings. The molecule has 0 aromatic rings.